The molecule has 0 amide bonds. The Labute approximate surface area is 176 Å². The maximum atomic E-state index is 12.4. The fraction of sp³-hybridized carbons (Fsp3) is 0.350. The number of ether oxygens (including phenoxy) is 1. The van der Waals surface area contributed by atoms with E-state index in [1.54, 1.807) is 6.07 Å². The van der Waals surface area contributed by atoms with E-state index < -0.39 is 6.61 Å². The molecule has 0 atom stereocenters. The van der Waals surface area contributed by atoms with Crippen LogP contribution in [0.1, 0.15) is 12.8 Å². The number of benzene rings is 1. The van der Waals surface area contributed by atoms with Crippen LogP contribution in [0.5, 0.6) is 5.75 Å². The number of hydrogen-bond acceptors (Lipinski definition) is 7. The minimum absolute atomic E-state index is 0.0721. The number of alkyl halides is 2. The number of halogens is 3. The van der Waals surface area contributed by atoms with Crippen LogP contribution >= 0.6 is 11.6 Å². The van der Waals surface area contributed by atoms with E-state index >= 15 is 0 Å². The van der Waals surface area contributed by atoms with Crippen molar-refractivity contribution >= 4 is 40.0 Å². The third-order valence-electron chi connectivity index (χ3n) is 5.43. The number of anilines is 3. The third kappa shape index (κ3) is 3.82. The van der Waals surface area contributed by atoms with Gasteiger partial charge in [0.05, 0.1) is 10.5 Å². The van der Waals surface area contributed by atoms with Crippen molar-refractivity contribution in [3.05, 3.63) is 41.7 Å². The molecule has 2 aromatic heterocycles. The van der Waals surface area contributed by atoms with Crippen LogP contribution in [-0.4, -0.2) is 46.7 Å². The molecular weight excluding hydrogens is 414 g/mol. The predicted octanol–water partition coefficient (Wildman–Crippen LogP) is 3.97. The van der Waals surface area contributed by atoms with Crippen LogP contribution in [0.4, 0.5) is 26.1 Å². The van der Waals surface area contributed by atoms with Crippen LogP contribution in [0.25, 0.3) is 11.0 Å². The molecule has 3 aromatic rings. The zero-order chi connectivity index (χ0) is 20.7. The number of hydrogen-bond donors (Lipinski definition) is 2. The number of nitrogens with one attached hydrogen (secondary N) is 2. The maximum Gasteiger partial charge on any atom is 0.387 e. The van der Waals surface area contributed by atoms with Crippen molar-refractivity contribution < 1.29 is 13.5 Å². The molecule has 1 aliphatic carbocycles. The summed E-state index contributed by atoms with van der Waals surface area (Å²) in [5.74, 6) is 1.31. The van der Waals surface area contributed by atoms with Crippen molar-refractivity contribution in [1.29, 1.82) is 0 Å². The Kier molecular flexibility index (Phi) is 4.79. The van der Waals surface area contributed by atoms with Crippen LogP contribution < -0.4 is 20.3 Å². The predicted molar refractivity (Wildman–Crippen MR) is 111 cm³/mol. The first-order valence-electron chi connectivity index (χ1n) is 9.65. The Morgan fingerprint density at radius 2 is 2.07 bits per heavy atom. The molecule has 2 fully saturated rings. The first kappa shape index (κ1) is 19.2. The van der Waals surface area contributed by atoms with E-state index in [2.05, 4.69) is 30.2 Å². The second-order valence-corrected chi connectivity index (χ2v) is 7.94. The monoisotopic (exact) mass is 432 g/mol. The van der Waals surface area contributed by atoms with Gasteiger partial charge in [-0.3, -0.25) is 0 Å². The van der Waals surface area contributed by atoms with Crippen LogP contribution in [0.15, 0.2) is 36.7 Å². The maximum absolute atomic E-state index is 12.4. The molecule has 1 spiro atoms. The van der Waals surface area contributed by atoms with Gasteiger partial charge in [0.2, 0.25) is 0 Å². The third-order valence-corrected chi connectivity index (χ3v) is 5.73. The highest BCUT2D eigenvalue weighted by atomic mass is 35.5. The van der Waals surface area contributed by atoms with E-state index in [1.807, 2.05) is 12.1 Å². The number of nitrogens with zero attached hydrogens (tertiary/aromatic N) is 4. The van der Waals surface area contributed by atoms with E-state index in [1.165, 1.54) is 31.3 Å². The molecule has 0 bridgehead atoms. The number of rotatable bonds is 5. The minimum Gasteiger partial charge on any atom is -0.433 e. The van der Waals surface area contributed by atoms with Gasteiger partial charge < -0.3 is 20.3 Å². The Balaban J connectivity index is 1.43. The van der Waals surface area contributed by atoms with Gasteiger partial charge in [-0.05, 0) is 43.2 Å². The Hall–Kier alpha value is -2.78. The lowest BCUT2D eigenvalue weighted by Crippen LogP contribution is -2.52. The van der Waals surface area contributed by atoms with Gasteiger partial charge >= 0.3 is 6.61 Å². The van der Waals surface area contributed by atoms with Gasteiger partial charge in [0.25, 0.3) is 0 Å². The second-order valence-electron chi connectivity index (χ2n) is 7.54. The Morgan fingerprint density at radius 1 is 1.20 bits per heavy atom. The summed E-state index contributed by atoms with van der Waals surface area (Å²) in [5, 5.41) is 6.82. The molecule has 2 aliphatic rings. The molecule has 5 rings (SSSR count). The van der Waals surface area contributed by atoms with Gasteiger partial charge in [0, 0.05) is 30.9 Å². The molecule has 3 heterocycles. The van der Waals surface area contributed by atoms with Gasteiger partial charge in [-0.1, -0.05) is 11.6 Å². The topological polar surface area (TPSA) is 75.2 Å². The fourth-order valence-electron chi connectivity index (χ4n) is 3.74. The lowest BCUT2D eigenvalue weighted by Gasteiger charge is -2.34. The van der Waals surface area contributed by atoms with E-state index in [-0.39, 0.29) is 16.3 Å². The van der Waals surface area contributed by atoms with Crippen molar-refractivity contribution in [2.45, 2.75) is 25.0 Å². The molecule has 0 radical (unpaired) electrons. The SMILES string of the molecule is FC(F)Oc1ccc(Nc2ncnc3ccc(N4CCNC5(CC5)C4)nc23)cc1Cl. The summed E-state index contributed by atoms with van der Waals surface area (Å²) in [6.07, 6.45) is 3.84. The van der Waals surface area contributed by atoms with Crippen LogP contribution in [0.2, 0.25) is 5.02 Å². The highest BCUT2D eigenvalue weighted by Gasteiger charge is 2.45. The molecule has 0 unspecified atom stereocenters. The summed E-state index contributed by atoms with van der Waals surface area (Å²) in [6.45, 7) is -0.183. The highest BCUT2D eigenvalue weighted by Crippen LogP contribution is 2.39. The van der Waals surface area contributed by atoms with Crippen molar-refractivity contribution in [3.8, 4) is 5.75 Å². The van der Waals surface area contributed by atoms with Gasteiger partial charge in [0.15, 0.2) is 5.82 Å². The first-order valence-corrected chi connectivity index (χ1v) is 10.0. The van der Waals surface area contributed by atoms with Gasteiger partial charge in [-0.25, -0.2) is 15.0 Å². The zero-order valence-corrected chi connectivity index (χ0v) is 16.7. The van der Waals surface area contributed by atoms with Crippen LogP contribution in [0, 0.1) is 0 Å². The van der Waals surface area contributed by atoms with Gasteiger partial charge in [-0.15, -0.1) is 0 Å². The normalized spacial score (nSPS) is 17.5. The van der Waals surface area contributed by atoms with Gasteiger partial charge in [0.1, 0.15) is 23.4 Å². The molecule has 1 aromatic carbocycles. The molecule has 7 nitrogen and oxygen atoms in total. The van der Waals surface area contributed by atoms with Gasteiger partial charge in [-0.2, -0.15) is 8.78 Å². The van der Waals surface area contributed by atoms with E-state index in [9.17, 15) is 8.78 Å². The largest absolute Gasteiger partial charge is 0.433 e. The average molecular weight is 433 g/mol. The molecule has 1 saturated carbocycles. The number of aromatic nitrogens is 3. The summed E-state index contributed by atoms with van der Waals surface area (Å²) < 4.78 is 29.3. The lowest BCUT2D eigenvalue weighted by molar-refractivity contribution is -0.0497. The van der Waals surface area contributed by atoms with Crippen molar-refractivity contribution in [2.75, 3.05) is 29.9 Å². The lowest BCUT2D eigenvalue weighted by atomic mass is 10.2. The Morgan fingerprint density at radius 3 is 2.83 bits per heavy atom. The molecular formula is C20H19ClF2N6O. The summed E-state index contributed by atoms with van der Waals surface area (Å²) in [6, 6.07) is 8.39. The average Bonchev–Trinajstić information content (AvgIpc) is 3.48. The van der Waals surface area contributed by atoms with Crippen molar-refractivity contribution in [3.63, 3.8) is 0 Å². The van der Waals surface area contributed by atoms with E-state index in [0.717, 1.165) is 25.5 Å². The first-order chi connectivity index (χ1) is 14.5. The van der Waals surface area contributed by atoms with Crippen molar-refractivity contribution in [2.24, 2.45) is 0 Å². The highest BCUT2D eigenvalue weighted by molar-refractivity contribution is 6.32. The van der Waals surface area contributed by atoms with E-state index in [4.69, 9.17) is 16.6 Å². The summed E-state index contributed by atoms with van der Waals surface area (Å²) in [5.41, 5.74) is 2.15. The smallest absolute Gasteiger partial charge is 0.387 e. The quantitative estimate of drug-likeness (QED) is 0.632. The molecule has 10 heteroatoms. The molecule has 156 valence electrons. The molecule has 30 heavy (non-hydrogen) atoms. The molecule has 1 aliphatic heterocycles. The number of piperazine rings is 1. The molecule has 2 N–H and O–H groups in total. The summed E-state index contributed by atoms with van der Waals surface area (Å²) in [4.78, 5) is 15.7. The van der Waals surface area contributed by atoms with Crippen molar-refractivity contribution in [1.82, 2.24) is 20.3 Å². The van der Waals surface area contributed by atoms with Crippen LogP contribution in [0.3, 0.4) is 0 Å². The summed E-state index contributed by atoms with van der Waals surface area (Å²) >= 11 is 6.06. The number of fused-ring (bicyclic) bond motifs is 1. The van der Waals surface area contributed by atoms with E-state index in [0.29, 0.717) is 22.5 Å². The minimum atomic E-state index is -2.94. The molecule has 1 saturated heterocycles. The summed E-state index contributed by atoms with van der Waals surface area (Å²) in [7, 11) is 0. The Bertz CT molecular complexity index is 1090. The van der Waals surface area contributed by atoms with Crippen LogP contribution in [-0.2, 0) is 0 Å². The second kappa shape index (κ2) is 7.48. The fourth-order valence-corrected chi connectivity index (χ4v) is 3.97. The zero-order valence-electron chi connectivity index (χ0n) is 15.9. The number of pyridine rings is 1. The standard InChI is InChI=1S/C20H19ClF2N6O/c21-13-9-12(1-3-15(13)30-19(22)23)27-18-17-14(24-11-25-18)2-4-16(28-17)29-8-7-26-20(10-29)5-6-20/h1-4,9,11,19,26H,5-8,10H2,(H,24,25,27).